The van der Waals surface area contributed by atoms with Crippen LogP contribution in [0.2, 0.25) is 0 Å². The normalized spacial score (nSPS) is 27.5. The highest BCUT2D eigenvalue weighted by Gasteiger charge is 2.40. The molecule has 0 amide bonds. The van der Waals surface area contributed by atoms with Crippen molar-refractivity contribution >= 4 is 16.8 Å². The van der Waals surface area contributed by atoms with Gasteiger partial charge in [-0.25, -0.2) is 0 Å². The third-order valence-electron chi connectivity index (χ3n) is 6.04. The first-order valence-electron chi connectivity index (χ1n) is 11.3. The highest BCUT2D eigenvalue weighted by Crippen LogP contribution is 2.41. The van der Waals surface area contributed by atoms with Crippen molar-refractivity contribution in [1.82, 2.24) is 0 Å². The van der Waals surface area contributed by atoms with Crippen LogP contribution in [0.5, 0.6) is 0 Å². The fraction of sp³-hybridized carbons (Fsp3) is 0.792. The van der Waals surface area contributed by atoms with E-state index in [0.29, 0.717) is 18.6 Å². The summed E-state index contributed by atoms with van der Waals surface area (Å²) in [5.74, 6) is 0.690. The molecule has 0 aromatic carbocycles. The van der Waals surface area contributed by atoms with Crippen LogP contribution in [0.25, 0.3) is 0 Å². The molecule has 5 nitrogen and oxygen atoms in total. The Morgan fingerprint density at radius 1 is 1.27 bits per heavy atom. The van der Waals surface area contributed by atoms with Gasteiger partial charge in [-0.1, -0.05) is 50.5 Å². The average molecular weight is 443 g/mol. The Morgan fingerprint density at radius 2 is 2.00 bits per heavy atom. The first-order chi connectivity index (χ1) is 14.2. The van der Waals surface area contributed by atoms with Crippen LogP contribution >= 0.6 is 0 Å². The second kappa shape index (κ2) is 14.2. The van der Waals surface area contributed by atoms with Crippen molar-refractivity contribution in [2.45, 2.75) is 83.3 Å². The summed E-state index contributed by atoms with van der Waals surface area (Å²) in [4.78, 5) is 11.2. The second-order valence-electron chi connectivity index (χ2n) is 8.89. The van der Waals surface area contributed by atoms with Gasteiger partial charge in [0.05, 0.1) is 18.8 Å². The lowest BCUT2D eigenvalue weighted by Gasteiger charge is -2.24. The van der Waals surface area contributed by atoms with E-state index in [4.69, 9.17) is 0 Å². The third kappa shape index (κ3) is 10.4. The van der Waals surface area contributed by atoms with E-state index in [9.17, 15) is 19.2 Å². The number of carbonyl (C=O) groups excluding carboxylic acids is 1. The van der Waals surface area contributed by atoms with Crippen LogP contribution in [0.15, 0.2) is 24.3 Å². The van der Waals surface area contributed by atoms with Gasteiger partial charge in [-0.3, -0.25) is 9.00 Å². The van der Waals surface area contributed by atoms with Crippen LogP contribution in [0.1, 0.15) is 71.6 Å². The van der Waals surface area contributed by atoms with Crippen LogP contribution < -0.4 is 0 Å². The Kier molecular flexibility index (Phi) is 12.8. The highest BCUT2D eigenvalue weighted by molar-refractivity contribution is 7.84. The Morgan fingerprint density at radius 3 is 2.63 bits per heavy atom. The lowest BCUT2D eigenvalue weighted by molar-refractivity contribution is -0.140. The smallest absolute Gasteiger partial charge is 0.305 e. The molecule has 1 fully saturated rings. The number of aliphatic hydroxyl groups excluding tert-OH is 1. The van der Waals surface area contributed by atoms with E-state index in [0.717, 1.165) is 44.9 Å². The zero-order valence-corrected chi connectivity index (χ0v) is 20.0. The summed E-state index contributed by atoms with van der Waals surface area (Å²) in [6.45, 7) is 3.99. The maximum Gasteiger partial charge on any atom is 0.305 e. The molecular weight excluding hydrogens is 400 g/mol. The monoisotopic (exact) mass is 442 g/mol. The molecule has 0 aromatic heterocycles. The molecule has 0 heterocycles. The average Bonchev–Trinajstić information content (AvgIpc) is 2.96. The largest absolute Gasteiger partial charge is 0.469 e. The van der Waals surface area contributed by atoms with Gasteiger partial charge in [0.2, 0.25) is 0 Å². The Hall–Kier alpha value is -0.980. The molecule has 2 unspecified atom stereocenters. The molecule has 1 rings (SSSR count). The zero-order valence-electron chi connectivity index (χ0n) is 19.2. The lowest BCUT2D eigenvalue weighted by Crippen LogP contribution is -2.24. The number of hydrogen-bond acceptors (Lipinski definition) is 5. The summed E-state index contributed by atoms with van der Waals surface area (Å²) in [5, 5.41) is 21.4. The lowest BCUT2D eigenvalue weighted by atomic mass is 9.85. The molecule has 0 aliphatic heterocycles. The number of rotatable bonds is 14. The van der Waals surface area contributed by atoms with Crippen LogP contribution in [0, 0.1) is 17.8 Å². The Labute approximate surface area is 185 Å². The minimum absolute atomic E-state index is 0.0538. The summed E-state index contributed by atoms with van der Waals surface area (Å²) in [6.07, 6.45) is 16.6. The standard InChI is InChI=1S/C24H42O5S/c1-5-6-11-15-24(2,27)16-14-20-19(18-30(4)28)17-22(25)21(20)12-9-7-8-10-13-23(26)29-3/h7,9,14,16,19-22,25,27H,5-6,8,10-13,15,17-18H2,1-4H3/b9-7-,16-14+/t19-,20-,21+,22-,24?,30?/m0/s1. The van der Waals surface area contributed by atoms with Gasteiger partial charge in [0.1, 0.15) is 0 Å². The fourth-order valence-corrected chi connectivity index (χ4v) is 5.28. The number of aliphatic hydroxyl groups is 2. The van der Waals surface area contributed by atoms with Gasteiger partial charge in [0, 0.05) is 29.2 Å². The maximum absolute atomic E-state index is 11.9. The molecule has 2 N–H and O–H groups in total. The van der Waals surface area contributed by atoms with Gasteiger partial charge in [0.25, 0.3) is 0 Å². The molecule has 0 bridgehead atoms. The van der Waals surface area contributed by atoms with Gasteiger partial charge in [-0.2, -0.15) is 0 Å². The van der Waals surface area contributed by atoms with Crippen LogP contribution in [0.3, 0.4) is 0 Å². The van der Waals surface area contributed by atoms with Crippen molar-refractivity contribution in [1.29, 1.82) is 0 Å². The summed E-state index contributed by atoms with van der Waals surface area (Å²) < 4.78 is 16.5. The maximum atomic E-state index is 11.9. The molecule has 0 aromatic rings. The van der Waals surface area contributed by atoms with E-state index in [1.54, 1.807) is 6.26 Å². The SMILES string of the molecule is CCCCCC(C)(O)/C=C/[C@H]1[C@H](CS(C)=O)C[C@H](O)[C@@H]1C/C=C\CCCC(=O)OC. The molecule has 6 atom stereocenters. The van der Waals surface area contributed by atoms with Crippen molar-refractivity contribution in [2.24, 2.45) is 17.8 Å². The number of carbonyl (C=O) groups is 1. The van der Waals surface area contributed by atoms with Crippen LogP contribution in [-0.4, -0.2) is 51.2 Å². The molecule has 0 radical (unpaired) electrons. The van der Waals surface area contributed by atoms with E-state index in [2.05, 4.69) is 29.9 Å². The molecule has 6 heteroatoms. The minimum atomic E-state index is -0.922. The third-order valence-corrected chi connectivity index (χ3v) is 6.94. The predicted octanol–water partition coefficient (Wildman–Crippen LogP) is 4.16. The molecule has 1 aliphatic rings. The van der Waals surface area contributed by atoms with Gasteiger partial charge in [-0.05, 0) is 56.8 Å². The molecule has 30 heavy (non-hydrogen) atoms. The number of methoxy groups -OCH3 is 1. The van der Waals surface area contributed by atoms with Crippen molar-refractivity contribution in [3.63, 3.8) is 0 Å². The van der Waals surface area contributed by atoms with Gasteiger partial charge in [0.15, 0.2) is 0 Å². The number of esters is 1. The number of hydrogen-bond donors (Lipinski definition) is 2. The number of allylic oxidation sites excluding steroid dienone is 3. The molecule has 1 aliphatic carbocycles. The summed E-state index contributed by atoms with van der Waals surface area (Å²) in [5.41, 5.74) is -0.854. The quantitative estimate of drug-likeness (QED) is 0.240. The van der Waals surface area contributed by atoms with E-state index in [1.807, 2.05) is 13.0 Å². The summed E-state index contributed by atoms with van der Waals surface area (Å²) >= 11 is 0. The van der Waals surface area contributed by atoms with Gasteiger partial charge in [-0.15, -0.1) is 0 Å². The van der Waals surface area contributed by atoms with E-state index in [-0.39, 0.29) is 23.7 Å². The first-order valence-corrected chi connectivity index (χ1v) is 13.0. The molecule has 174 valence electrons. The summed E-state index contributed by atoms with van der Waals surface area (Å²) in [7, 11) is 0.475. The Bertz CT molecular complexity index is 584. The predicted molar refractivity (Wildman–Crippen MR) is 124 cm³/mol. The van der Waals surface area contributed by atoms with E-state index >= 15 is 0 Å². The van der Waals surface area contributed by atoms with Gasteiger partial charge >= 0.3 is 5.97 Å². The fourth-order valence-electron chi connectivity index (χ4n) is 4.32. The summed E-state index contributed by atoms with van der Waals surface area (Å²) in [6, 6.07) is 0. The van der Waals surface area contributed by atoms with E-state index in [1.165, 1.54) is 7.11 Å². The molecular formula is C24H42O5S. The first kappa shape index (κ1) is 27.1. The van der Waals surface area contributed by atoms with Crippen molar-refractivity contribution in [2.75, 3.05) is 19.1 Å². The highest BCUT2D eigenvalue weighted by atomic mass is 32.2. The van der Waals surface area contributed by atoms with Crippen molar-refractivity contribution in [3.8, 4) is 0 Å². The molecule has 0 saturated heterocycles. The van der Waals surface area contributed by atoms with Gasteiger partial charge < -0.3 is 14.9 Å². The number of ether oxygens (including phenoxy) is 1. The van der Waals surface area contributed by atoms with E-state index < -0.39 is 22.5 Å². The van der Waals surface area contributed by atoms with Crippen molar-refractivity contribution in [3.05, 3.63) is 24.3 Å². The van der Waals surface area contributed by atoms with Crippen LogP contribution in [0.4, 0.5) is 0 Å². The second-order valence-corrected chi connectivity index (χ2v) is 10.4. The molecule has 1 saturated carbocycles. The van der Waals surface area contributed by atoms with Crippen LogP contribution in [-0.2, 0) is 20.3 Å². The topological polar surface area (TPSA) is 83.8 Å². The Balaban J connectivity index is 2.74. The zero-order chi connectivity index (χ0) is 22.6. The number of unbranched alkanes of at least 4 members (excludes halogenated alkanes) is 3. The minimum Gasteiger partial charge on any atom is -0.469 e. The molecule has 0 spiro atoms. The van der Waals surface area contributed by atoms with Crippen molar-refractivity contribution < 1.29 is 24.0 Å².